The van der Waals surface area contributed by atoms with Crippen LogP contribution in [0.2, 0.25) is 0 Å². The van der Waals surface area contributed by atoms with Crippen LogP contribution >= 0.6 is 15.9 Å². The van der Waals surface area contributed by atoms with Gasteiger partial charge in [0.2, 0.25) is 0 Å². The first kappa shape index (κ1) is 12.7. The smallest absolute Gasteiger partial charge is 0.139 e. The zero-order valence-corrected chi connectivity index (χ0v) is 11.6. The fourth-order valence-electron chi connectivity index (χ4n) is 2.33. The van der Waals surface area contributed by atoms with Crippen LogP contribution in [0, 0.1) is 11.7 Å². The second kappa shape index (κ2) is 5.25. The van der Waals surface area contributed by atoms with Gasteiger partial charge in [-0.05, 0) is 47.2 Å². The second-order valence-electron chi connectivity index (χ2n) is 4.85. The number of hydrogen-bond donors (Lipinski definition) is 1. The van der Waals surface area contributed by atoms with Gasteiger partial charge >= 0.3 is 0 Å². The first-order valence-electron chi connectivity index (χ1n) is 6.07. The summed E-state index contributed by atoms with van der Waals surface area (Å²) < 4.78 is 13.8. The second-order valence-corrected chi connectivity index (χ2v) is 5.70. The third kappa shape index (κ3) is 2.92. The van der Waals surface area contributed by atoms with E-state index in [9.17, 15) is 4.39 Å². The van der Waals surface area contributed by atoms with Crippen LogP contribution in [0.5, 0.6) is 0 Å². The van der Waals surface area contributed by atoms with E-state index >= 15 is 0 Å². The molecular formula is C13H18BrFN2. The zero-order chi connectivity index (χ0) is 12.4. The molecule has 1 fully saturated rings. The normalized spacial score (nSPS) is 21.4. The first-order chi connectivity index (χ1) is 8.08. The molecule has 17 heavy (non-hydrogen) atoms. The lowest BCUT2D eigenvalue weighted by Gasteiger charge is -2.24. The maximum absolute atomic E-state index is 13.3. The largest absolute Gasteiger partial charge is 0.397 e. The molecule has 2 N–H and O–H groups in total. The number of benzene rings is 1. The summed E-state index contributed by atoms with van der Waals surface area (Å²) in [4.78, 5) is 2.27. The van der Waals surface area contributed by atoms with Gasteiger partial charge < -0.3 is 10.6 Å². The molecule has 0 radical (unpaired) electrons. The Bertz CT molecular complexity index is 409. The van der Waals surface area contributed by atoms with Crippen molar-refractivity contribution in [3.05, 3.63) is 22.4 Å². The Labute approximate surface area is 110 Å². The van der Waals surface area contributed by atoms with Crippen molar-refractivity contribution >= 4 is 27.3 Å². The minimum Gasteiger partial charge on any atom is -0.397 e. The molecule has 1 saturated heterocycles. The van der Waals surface area contributed by atoms with E-state index in [1.165, 1.54) is 25.3 Å². The number of rotatable bonds is 1. The molecular weight excluding hydrogens is 283 g/mol. The fourth-order valence-corrected chi connectivity index (χ4v) is 2.66. The Balaban J connectivity index is 2.24. The lowest BCUT2D eigenvalue weighted by Crippen LogP contribution is -2.25. The van der Waals surface area contributed by atoms with Crippen LogP contribution in [0.4, 0.5) is 15.8 Å². The number of anilines is 2. The van der Waals surface area contributed by atoms with Crippen LogP contribution in [-0.4, -0.2) is 13.1 Å². The molecule has 1 aliphatic rings. The summed E-state index contributed by atoms with van der Waals surface area (Å²) in [5.41, 5.74) is 7.38. The van der Waals surface area contributed by atoms with Gasteiger partial charge in [-0.1, -0.05) is 6.92 Å². The summed E-state index contributed by atoms with van der Waals surface area (Å²) in [6, 6.07) is 3.19. The van der Waals surface area contributed by atoms with E-state index in [0.29, 0.717) is 10.2 Å². The van der Waals surface area contributed by atoms with E-state index < -0.39 is 0 Å². The van der Waals surface area contributed by atoms with Gasteiger partial charge in [-0.25, -0.2) is 4.39 Å². The predicted octanol–water partition coefficient (Wildman–Crippen LogP) is 3.80. The monoisotopic (exact) mass is 300 g/mol. The third-order valence-corrected chi connectivity index (χ3v) is 4.03. The van der Waals surface area contributed by atoms with E-state index in [-0.39, 0.29) is 5.82 Å². The van der Waals surface area contributed by atoms with E-state index in [1.807, 2.05) is 0 Å². The molecule has 1 unspecified atom stereocenters. The maximum atomic E-state index is 13.3. The van der Waals surface area contributed by atoms with Crippen LogP contribution < -0.4 is 10.6 Å². The van der Waals surface area contributed by atoms with Gasteiger partial charge in [0, 0.05) is 19.2 Å². The molecule has 0 aromatic heterocycles. The van der Waals surface area contributed by atoms with Crippen molar-refractivity contribution in [3.63, 3.8) is 0 Å². The SMILES string of the molecule is CC1CCCN(c2cc(Br)c(F)cc2N)CC1. The third-order valence-electron chi connectivity index (χ3n) is 3.43. The van der Waals surface area contributed by atoms with E-state index in [0.717, 1.165) is 24.7 Å². The van der Waals surface area contributed by atoms with Crippen LogP contribution in [-0.2, 0) is 0 Å². The molecule has 1 aromatic rings. The molecule has 1 aliphatic heterocycles. The highest BCUT2D eigenvalue weighted by molar-refractivity contribution is 9.10. The summed E-state index contributed by atoms with van der Waals surface area (Å²) in [6.07, 6.45) is 3.61. The van der Waals surface area contributed by atoms with Crippen molar-refractivity contribution in [2.75, 3.05) is 23.7 Å². The molecule has 2 nitrogen and oxygen atoms in total. The Morgan fingerprint density at radius 1 is 1.35 bits per heavy atom. The highest BCUT2D eigenvalue weighted by atomic mass is 79.9. The van der Waals surface area contributed by atoms with Gasteiger partial charge in [-0.3, -0.25) is 0 Å². The summed E-state index contributed by atoms with van der Waals surface area (Å²) in [6.45, 7) is 4.30. The van der Waals surface area contributed by atoms with Crippen molar-refractivity contribution in [3.8, 4) is 0 Å². The Morgan fingerprint density at radius 2 is 2.12 bits per heavy atom. The molecule has 1 aromatic carbocycles. The summed E-state index contributed by atoms with van der Waals surface area (Å²) in [7, 11) is 0. The molecule has 2 rings (SSSR count). The van der Waals surface area contributed by atoms with Crippen LogP contribution in [0.1, 0.15) is 26.2 Å². The van der Waals surface area contributed by atoms with Crippen molar-refractivity contribution in [1.82, 2.24) is 0 Å². The molecule has 0 bridgehead atoms. The fraction of sp³-hybridized carbons (Fsp3) is 0.538. The minimum atomic E-state index is -0.297. The predicted molar refractivity (Wildman–Crippen MR) is 73.7 cm³/mol. The summed E-state index contributed by atoms with van der Waals surface area (Å²) >= 11 is 3.22. The summed E-state index contributed by atoms with van der Waals surface area (Å²) in [5, 5.41) is 0. The van der Waals surface area contributed by atoms with E-state index in [2.05, 4.69) is 27.8 Å². The number of nitrogen functional groups attached to an aromatic ring is 1. The van der Waals surface area contributed by atoms with Crippen LogP contribution in [0.15, 0.2) is 16.6 Å². The molecule has 0 aliphatic carbocycles. The van der Waals surface area contributed by atoms with Gasteiger partial charge in [-0.15, -0.1) is 0 Å². The molecule has 0 amide bonds. The van der Waals surface area contributed by atoms with Gasteiger partial charge in [0.1, 0.15) is 5.82 Å². The minimum absolute atomic E-state index is 0.297. The zero-order valence-electron chi connectivity index (χ0n) is 10.0. The van der Waals surface area contributed by atoms with Crippen LogP contribution in [0.25, 0.3) is 0 Å². The highest BCUT2D eigenvalue weighted by Crippen LogP contribution is 2.31. The number of nitrogens with two attached hydrogens (primary N) is 1. The molecule has 94 valence electrons. The topological polar surface area (TPSA) is 29.3 Å². The number of nitrogens with zero attached hydrogens (tertiary/aromatic N) is 1. The van der Waals surface area contributed by atoms with Crippen molar-refractivity contribution in [1.29, 1.82) is 0 Å². The lowest BCUT2D eigenvalue weighted by atomic mass is 10.0. The van der Waals surface area contributed by atoms with E-state index in [4.69, 9.17) is 5.73 Å². The standard InChI is InChI=1S/C13H18BrFN2/c1-9-3-2-5-17(6-4-9)13-7-10(14)11(15)8-12(13)16/h7-9H,2-6,16H2,1H3. The van der Waals surface area contributed by atoms with Crippen molar-refractivity contribution in [2.24, 2.45) is 5.92 Å². The molecule has 0 saturated carbocycles. The molecule has 0 spiro atoms. The van der Waals surface area contributed by atoms with Crippen molar-refractivity contribution in [2.45, 2.75) is 26.2 Å². The number of halogens is 2. The maximum Gasteiger partial charge on any atom is 0.139 e. The van der Waals surface area contributed by atoms with E-state index in [1.54, 1.807) is 6.07 Å². The Hall–Kier alpha value is -0.770. The first-order valence-corrected chi connectivity index (χ1v) is 6.86. The highest BCUT2D eigenvalue weighted by Gasteiger charge is 2.17. The number of hydrogen-bond acceptors (Lipinski definition) is 2. The van der Waals surface area contributed by atoms with Gasteiger partial charge in [0.25, 0.3) is 0 Å². The average Bonchev–Trinajstić information content (AvgIpc) is 2.49. The van der Waals surface area contributed by atoms with Gasteiger partial charge in [-0.2, -0.15) is 0 Å². The quantitative estimate of drug-likeness (QED) is 0.800. The molecule has 1 atom stereocenters. The van der Waals surface area contributed by atoms with Crippen molar-refractivity contribution < 1.29 is 4.39 Å². The average molecular weight is 301 g/mol. The molecule has 1 heterocycles. The van der Waals surface area contributed by atoms with Gasteiger partial charge in [0.15, 0.2) is 0 Å². The van der Waals surface area contributed by atoms with Crippen LogP contribution in [0.3, 0.4) is 0 Å². The van der Waals surface area contributed by atoms with Gasteiger partial charge in [0.05, 0.1) is 15.8 Å². The Kier molecular flexibility index (Phi) is 3.92. The summed E-state index contributed by atoms with van der Waals surface area (Å²) in [5.74, 6) is 0.472. The Morgan fingerprint density at radius 3 is 2.88 bits per heavy atom. The molecule has 4 heteroatoms. The lowest BCUT2D eigenvalue weighted by molar-refractivity contribution is 0.521.